The van der Waals surface area contributed by atoms with Crippen LogP contribution in [0.5, 0.6) is 0 Å². The van der Waals surface area contributed by atoms with E-state index in [1.807, 2.05) is 0 Å². The SMILES string of the molecule is c1ccc(-c2cc(-c3ccccc3)cc(-c3cccc(-c4ccc5c(-n6c7ccccc7c7cc(-c8ccc9c(c8)c8ccccc8n9-c8ccccc8)ccc76)nnc(-n6c7ccccc7c7cc(-c8ccc9c(c8)c8ccccc8n9-c8ccccc8)ccc76)c5c4)c3)c2)cc1. The Hall–Kier alpha value is -13.2. The highest BCUT2D eigenvalue weighted by molar-refractivity contribution is 6.16. The van der Waals surface area contributed by atoms with E-state index in [2.05, 4.69) is 370 Å². The fourth-order valence-electron chi connectivity index (χ4n) is 15.7. The molecule has 0 aliphatic carbocycles. The Bertz CT molecular complexity index is 6530. The van der Waals surface area contributed by atoms with Crippen LogP contribution in [0.3, 0.4) is 0 Å². The van der Waals surface area contributed by atoms with Gasteiger partial charge in [0.25, 0.3) is 0 Å². The van der Waals surface area contributed by atoms with Gasteiger partial charge in [-0.3, -0.25) is 9.13 Å². The summed E-state index contributed by atoms with van der Waals surface area (Å²) >= 11 is 0. The summed E-state index contributed by atoms with van der Waals surface area (Å²) in [4.78, 5) is 0. The molecule has 20 aromatic rings. The predicted molar refractivity (Wildman–Crippen MR) is 410 cm³/mol. The molecule has 0 saturated heterocycles. The molecule has 98 heavy (non-hydrogen) atoms. The van der Waals surface area contributed by atoms with E-state index in [0.717, 1.165) is 122 Å². The van der Waals surface area contributed by atoms with Crippen molar-refractivity contribution < 1.29 is 0 Å². The normalized spacial score (nSPS) is 11.9. The first-order valence-corrected chi connectivity index (χ1v) is 33.5. The van der Waals surface area contributed by atoms with Crippen molar-refractivity contribution in [1.29, 1.82) is 0 Å². The standard InChI is InChI=1S/C92H58N6/c1-5-22-59(23-6-1)68-51-69(60-24-7-2-8-25-60)53-70(52-68)62-27-21-26-61(50-62)63-40-45-77-82(58-63)92(98-86-39-20-16-35-76(86)81-57-67(44-49-90(81)98)65-42-47-88-79(55-65)74-33-14-18-37-84(74)96(88)72-30-11-4-12-31-72)94-93-91(77)97-85-38-19-15-34-75(85)80-56-66(43-48-89(80)97)64-41-46-87-78(54-64)73-32-13-17-36-83(73)95(87)71-28-9-3-10-29-71/h1-58H. The van der Waals surface area contributed by atoms with Crippen molar-refractivity contribution in [3.05, 3.63) is 352 Å². The van der Waals surface area contributed by atoms with Crippen molar-refractivity contribution in [1.82, 2.24) is 28.5 Å². The van der Waals surface area contributed by atoms with Crippen LogP contribution in [0.25, 0.3) is 188 Å². The average Bonchev–Trinajstić information content (AvgIpc) is 1.49. The number of rotatable bonds is 10. The molecule has 0 N–H and O–H groups in total. The summed E-state index contributed by atoms with van der Waals surface area (Å²) in [6.45, 7) is 0. The monoisotopic (exact) mass is 1250 g/mol. The highest BCUT2D eigenvalue weighted by Gasteiger charge is 2.24. The molecule has 0 bridgehead atoms. The van der Waals surface area contributed by atoms with Gasteiger partial charge in [-0.2, -0.15) is 0 Å². The average molecular weight is 1250 g/mol. The predicted octanol–water partition coefficient (Wildman–Crippen LogP) is 24.0. The second kappa shape index (κ2) is 22.2. The number of aromatic nitrogens is 6. The first kappa shape index (κ1) is 55.3. The minimum Gasteiger partial charge on any atom is -0.309 e. The van der Waals surface area contributed by atoms with Gasteiger partial charge in [0.1, 0.15) is 0 Å². The molecule has 456 valence electrons. The largest absolute Gasteiger partial charge is 0.309 e. The van der Waals surface area contributed by atoms with Crippen molar-refractivity contribution >= 4 is 98.0 Å². The summed E-state index contributed by atoms with van der Waals surface area (Å²) in [6.07, 6.45) is 0. The van der Waals surface area contributed by atoms with Crippen molar-refractivity contribution in [3.63, 3.8) is 0 Å². The Morgan fingerprint density at radius 3 is 0.796 bits per heavy atom. The van der Waals surface area contributed by atoms with E-state index < -0.39 is 0 Å². The van der Waals surface area contributed by atoms with Crippen molar-refractivity contribution in [3.8, 4) is 89.8 Å². The van der Waals surface area contributed by atoms with E-state index in [-0.39, 0.29) is 0 Å². The molecular formula is C92H58N6. The fourth-order valence-corrected chi connectivity index (χ4v) is 15.7. The topological polar surface area (TPSA) is 45.5 Å². The number of hydrogen-bond donors (Lipinski definition) is 0. The third-order valence-corrected chi connectivity index (χ3v) is 20.2. The summed E-state index contributed by atoms with van der Waals surface area (Å²) in [5.74, 6) is 1.52. The van der Waals surface area contributed by atoms with Gasteiger partial charge >= 0.3 is 0 Å². The molecule has 20 rings (SSSR count). The van der Waals surface area contributed by atoms with Gasteiger partial charge in [-0.05, 0) is 200 Å². The van der Waals surface area contributed by atoms with Crippen LogP contribution >= 0.6 is 0 Å². The number of para-hydroxylation sites is 6. The van der Waals surface area contributed by atoms with Gasteiger partial charge in [-0.25, -0.2) is 0 Å². The Balaban J connectivity index is 0.771. The molecule has 6 nitrogen and oxygen atoms in total. The van der Waals surface area contributed by atoms with Crippen molar-refractivity contribution in [2.45, 2.75) is 0 Å². The van der Waals surface area contributed by atoms with E-state index in [4.69, 9.17) is 10.2 Å². The van der Waals surface area contributed by atoms with Crippen LogP contribution in [0.2, 0.25) is 0 Å². The Morgan fingerprint density at radius 2 is 0.398 bits per heavy atom. The zero-order valence-electron chi connectivity index (χ0n) is 53.2. The fraction of sp³-hybridized carbons (Fsp3) is 0. The molecule has 0 amide bonds. The zero-order valence-corrected chi connectivity index (χ0v) is 53.2. The van der Waals surface area contributed by atoms with Crippen LogP contribution in [0.1, 0.15) is 0 Å². The summed E-state index contributed by atoms with van der Waals surface area (Å²) in [7, 11) is 0. The van der Waals surface area contributed by atoms with Gasteiger partial charge in [0.2, 0.25) is 0 Å². The molecule has 0 atom stereocenters. The van der Waals surface area contributed by atoms with Crippen LogP contribution in [0.15, 0.2) is 352 Å². The number of nitrogens with zero attached hydrogens (tertiary/aromatic N) is 6. The van der Waals surface area contributed by atoms with E-state index in [1.165, 1.54) is 65.9 Å². The molecule has 5 aromatic heterocycles. The lowest BCUT2D eigenvalue weighted by Gasteiger charge is -2.16. The molecule has 0 unspecified atom stereocenters. The summed E-state index contributed by atoms with van der Waals surface area (Å²) in [5.41, 5.74) is 25.0. The number of hydrogen-bond acceptors (Lipinski definition) is 2. The molecule has 0 spiro atoms. The molecule has 0 aliphatic rings. The third-order valence-electron chi connectivity index (χ3n) is 20.2. The van der Waals surface area contributed by atoms with Crippen LogP contribution in [0.4, 0.5) is 0 Å². The Morgan fingerprint density at radius 1 is 0.143 bits per heavy atom. The molecule has 0 fully saturated rings. The van der Waals surface area contributed by atoms with Crippen LogP contribution in [0, 0.1) is 0 Å². The van der Waals surface area contributed by atoms with E-state index in [1.54, 1.807) is 0 Å². The van der Waals surface area contributed by atoms with Gasteiger partial charge in [0.05, 0.1) is 44.1 Å². The lowest BCUT2D eigenvalue weighted by Crippen LogP contribution is -2.06. The molecule has 0 saturated carbocycles. The second-order valence-electron chi connectivity index (χ2n) is 25.7. The minimum atomic E-state index is 0.756. The molecule has 0 radical (unpaired) electrons. The van der Waals surface area contributed by atoms with Gasteiger partial charge in [0, 0.05) is 65.2 Å². The van der Waals surface area contributed by atoms with E-state index in [9.17, 15) is 0 Å². The lowest BCUT2D eigenvalue weighted by molar-refractivity contribution is 0.930. The van der Waals surface area contributed by atoms with Crippen LogP contribution < -0.4 is 0 Å². The van der Waals surface area contributed by atoms with E-state index >= 15 is 0 Å². The molecule has 6 heteroatoms. The highest BCUT2D eigenvalue weighted by atomic mass is 15.3. The summed E-state index contributed by atoms with van der Waals surface area (Å²) in [5, 5.41) is 22.4. The summed E-state index contributed by atoms with van der Waals surface area (Å²) in [6, 6.07) is 128. The number of benzene rings is 15. The smallest absolute Gasteiger partial charge is 0.168 e. The molecule has 15 aromatic carbocycles. The Labute approximate surface area is 564 Å². The third kappa shape index (κ3) is 8.82. The first-order valence-electron chi connectivity index (χ1n) is 33.5. The second-order valence-corrected chi connectivity index (χ2v) is 25.7. The first-order chi connectivity index (χ1) is 48.6. The van der Waals surface area contributed by atoms with Gasteiger partial charge in [0.15, 0.2) is 11.6 Å². The van der Waals surface area contributed by atoms with Crippen molar-refractivity contribution in [2.24, 2.45) is 0 Å². The van der Waals surface area contributed by atoms with Crippen LogP contribution in [-0.4, -0.2) is 28.5 Å². The zero-order chi connectivity index (χ0) is 64.4. The molecule has 5 heterocycles. The minimum absolute atomic E-state index is 0.756. The number of fused-ring (bicyclic) bond motifs is 13. The van der Waals surface area contributed by atoms with Gasteiger partial charge in [-0.1, -0.05) is 218 Å². The van der Waals surface area contributed by atoms with Crippen molar-refractivity contribution in [2.75, 3.05) is 0 Å². The maximum absolute atomic E-state index is 5.50. The van der Waals surface area contributed by atoms with Gasteiger partial charge < -0.3 is 9.13 Å². The quantitative estimate of drug-likeness (QED) is 0.137. The summed E-state index contributed by atoms with van der Waals surface area (Å²) < 4.78 is 9.43. The van der Waals surface area contributed by atoms with E-state index in [0.29, 0.717) is 0 Å². The highest BCUT2D eigenvalue weighted by Crippen LogP contribution is 2.44. The Kier molecular flexibility index (Phi) is 12.6. The molecule has 0 aliphatic heterocycles. The maximum Gasteiger partial charge on any atom is 0.168 e. The van der Waals surface area contributed by atoms with Crippen LogP contribution in [-0.2, 0) is 0 Å². The lowest BCUT2D eigenvalue weighted by atomic mass is 9.92. The van der Waals surface area contributed by atoms with Gasteiger partial charge in [-0.15, -0.1) is 10.2 Å². The molecular weight excluding hydrogens is 1190 g/mol. The maximum atomic E-state index is 5.50.